The van der Waals surface area contributed by atoms with Gasteiger partial charge < -0.3 is 19.3 Å². The van der Waals surface area contributed by atoms with Gasteiger partial charge in [-0.3, -0.25) is 4.79 Å². The van der Waals surface area contributed by atoms with E-state index in [0.29, 0.717) is 28.2 Å². The van der Waals surface area contributed by atoms with Crippen LogP contribution in [0.5, 0.6) is 11.5 Å². The highest BCUT2D eigenvalue weighted by molar-refractivity contribution is 7.20. The van der Waals surface area contributed by atoms with E-state index in [1.54, 1.807) is 23.7 Å². The van der Waals surface area contributed by atoms with Gasteiger partial charge >= 0.3 is 0 Å². The summed E-state index contributed by atoms with van der Waals surface area (Å²) in [5.74, 6) is 2.05. The summed E-state index contributed by atoms with van der Waals surface area (Å²) in [7, 11) is 0. The second-order valence-corrected chi connectivity index (χ2v) is 7.04. The van der Waals surface area contributed by atoms with Crippen LogP contribution in [0.25, 0.3) is 15.3 Å². The molecule has 0 atom stereocenters. The third-order valence-electron chi connectivity index (χ3n) is 3.99. The summed E-state index contributed by atoms with van der Waals surface area (Å²) in [6.45, 7) is 3.79. The zero-order valence-corrected chi connectivity index (χ0v) is 15.2. The second-order valence-electron chi connectivity index (χ2n) is 6.03. The summed E-state index contributed by atoms with van der Waals surface area (Å²) in [4.78, 5) is 17.0. The van der Waals surface area contributed by atoms with Crippen molar-refractivity contribution < 1.29 is 18.8 Å². The third kappa shape index (κ3) is 2.70. The van der Waals surface area contributed by atoms with E-state index < -0.39 is 0 Å². The second kappa shape index (κ2) is 5.81. The van der Waals surface area contributed by atoms with Crippen LogP contribution in [0.4, 0.5) is 5.82 Å². The van der Waals surface area contributed by atoms with Crippen molar-refractivity contribution in [3.05, 3.63) is 41.4 Å². The zero-order valence-electron chi connectivity index (χ0n) is 14.3. The van der Waals surface area contributed by atoms with Crippen molar-refractivity contribution in [3.63, 3.8) is 0 Å². The molecule has 1 amide bonds. The van der Waals surface area contributed by atoms with Crippen LogP contribution in [0.2, 0.25) is 0 Å². The van der Waals surface area contributed by atoms with E-state index in [1.165, 1.54) is 11.3 Å². The average molecular weight is 383 g/mol. The normalized spacial score (nSPS) is 12.7. The number of aryl methyl sites for hydroxylation is 2. The molecule has 4 heterocycles. The van der Waals surface area contributed by atoms with Crippen LogP contribution in [-0.4, -0.2) is 32.6 Å². The van der Waals surface area contributed by atoms with Crippen molar-refractivity contribution in [2.45, 2.75) is 13.8 Å². The van der Waals surface area contributed by atoms with Crippen LogP contribution in [0.3, 0.4) is 0 Å². The SMILES string of the molecule is Cc1cc(NC(=O)c2cc(C)on2)n(-c2nc3cc4c(cc3s2)OCO4)n1. The van der Waals surface area contributed by atoms with Crippen molar-refractivity contribution in [2.75, 3.05) is 12.1 Å². The molecule has 0 radical (unpaired) electrons. The Morgan fingerprint density at radius 2 is 2.00 bits per heavy atom. The minimum Gasteiger partial charge on any atom is -0.454 e. The Balaban J connectivity index is 1.52. The fraction of sp³-hybridized carbons (Fsp3) is 0.176. The fourth-order valence-electron chi connectivity index (χ4n) is 2.78. The predicted molar refractivity (Wildman–Crippen MR) is 96.8 cm³/mol. The molecule has 0 unspecified atom stereocenters. The first kappa shape index (κ1) is 15.8. The lowest BCUT2D eigenvalue weighted by Crippen LogP contribution is -2.15. The lowest BCUT2D eigenvalue weighted by Gasteiger charge is -2.04. The first-order valence-corrected chi connectivity index (χ1v) is 8.90. The summed E-state index contributed by atoms with van der Waals surface area (Å²) in [6, 6.07) is 7.07. The molecule has 0 saturated heterocycles. The number of fused-ring (bicyclic) bond motifs is 2. The van der Waals surface area contributed by atoms with E-state index in [1.807, 2.05) is 19.1 Å². The lowest BCUT2D eigenvalue weighted by molar-refractivity contribution is 0.101. The number of thiazole rings is 1. The van der Waals surface area contributed by atoms with E-state index in [-0.39, 0.29) is 18.4 Å². The molecule has 0 fully saturated rings. The van der Waals surface area contributed by atoms with E-state index in [0.717, 1.165) is 15.9 Å². The quantitative estimate of drug-likeness (QED) is 0.580. The summed E-state index contributed by atoms with van der Waals surface area (Å²) in [6.07, 6.45) is 0. The molecule has 1 aromatic carbocycles. The van der Waals surface area contributed by atoms with Crippen LogP contribution in [0, 0.1) is 13.8 Å². The van der Waals surface area contributed by atoms with Crippen LogP contribution in [-0.2, 0) is 0 Å². The predicted octanol–water partition coefficient (Wildman–Crippen LogP) is 3.07. The van der Waals surface area contributed by atoms with Gasteiger partial charge in [0, 0.05) is 24.3 Å². The fourth-order valence-corrected chi connectivity index (χ4v) is 3.73. The maximum Gasteiger partial charge on any atom is 0.279 e. The Bertz CT molecular complexity index is 1150. The molecule has 3 aromatic heterocycles. The van der Waals surface area contributed by atoms with Gasteiger partial charge in [0.2, 0.25) is 11.9 Å². The Kier molecular flexibility index (Phi) is 3.41. The molecule has 1 N–H and O–H groups in total. The number of carbonyl (C=O) groups excluding carboxylic acids is 1. The van der Waals surface area contributed by atoms with Gasteiger partial charge in [-0.15, -0.1) is 0 Å². The molecule has 1 aliphatic heterocycles. The minimum atomic E-state index is -0.380. The number of ether oxygens (including phenoxy) is 2. The molecule has 9 nitrogen and oxygen atoms in total. The molecule has 0 bridgehead atoms. The van der Waals surface area contributed by atoms with E-state index in [2.05, 4.69) is 20.6 Å². The molecular weight excluding hydrogens is 370 g/mol. The number of nitrogens with one attached hydrogen (secondary N) is 1. The number of anilines is 1. The molecule has 0 saturated carbocycles. The number of carbonyl (C=O) groups is 1. The van der Waals surface area contributed by atoms with Gasteiger partial charge in [0.15, 0.2) is 17.2 Å². The van der Waals surface area contributed by atoms with Gasteiger partial charge in [-0.1, -0.05) is 16.5 Å². The molecule has 1 aliphatic rings. The van der Waals surface area contributed by atoms with Gasteiger partial charge in [-0.05, 0) is 13.8 Å². The first-order valence-electron chi connectivity index (χ1n) is 8.09. The summed E-state index contributed by atoms with van der Waals surface area (Å²) in [5.41, 5.74) is 1.72. The van der Waals surface area contributed by atoms with Crippen LogP contribution >= 0.6 is 11.3 Å². The number of rotatable bonds is 3. The zero-order chi connectivity index (χ0) is 18.5. The number of nitrogens with zero attached hydrogens (tertiary/aromatic N) is 4. The Morgan fingerprint density at radius 3 is 2.78 bits per heavy atom. The third-order valence-corrected chi connectivity index (χ3v) is 4.98. The van der Waals surface area contributed by atoms with Crippen molar-refractivity contribution in [3.8, 4) is 16.6 Å². The van der Waals surface area contributed by atoms with Crippen LogP contribution < -0.4 is 14.8 Å². The van der Waals surface area contributed by atoms with Gasteiger partial charge in [-0.2, -0.15) is 9.78 Å². The topological polar surface area (TPSA) is 104 Å². The molecule has 136 valence electrons. The van der Waals surface area contributed by atoms with Gasteiger partial charge in [0.05, 0.1) is 15.9 Å². The summed E-state index contributed by atoms with van der Waals surface area (Å²) in [5, 5.41) is 11.6. The van der Waals surface area contributed by atoms with E-state index >= 15 is 0 Å². The minimum absolute atomic E-state index is 0.202. The molecule has 10 heteroatoms. The average Bonchev–Trinajstić information content (AvgIpc) is 3.38. The smallest absolute Gasteiger partial charge is 0.279 e. The summed E-state index contributed by atoms with van der Waals surface area (Å²) >= 11 is 1.44. The Hall–Kier alpha value is -3.40. The molecule has 5 rings (SSSR count). The first-order chi connectivity index (χ1) is 13.1. The molecule has 4 aromatic rings. The standard InChI is InChI=1S/C17H13N5O4S/c1-8-3-15(19-16(23)11-4-9(2)26-21-11)22(20-8)17-18-10-5-12-13(25-7-24-12)6-14(10)27-17/h3-6H,7H2,1-2H3,(H,19,23). The molecular formula is C17H13N5O4S. The molecule has 27 heavy (non-hydrogen) atoms. The highest BCUT2D eigenvalue weighted by atomic mass is 32.1. The van der Waals surface area contributed by atoms with Crippen molar-refractivity contribution >= 4 is 33.3 Å². The van der Waals surface area contributed by atoms with Gasteiger partial charge in [0.25, 0.3) is 5.91 Å². The molecule has 0 spiro atoms. The summed E-state index contributed by atoms with van der Waals surface area (Å²) < 4.78 is 18.3. The van der Waals surface area contributed by atoms with Crippen molar-refractivity contribution in [2.24, 2.45) is 0 Å². The maximum atomic E-state index is 12.4. The van der Waals surface area contributed by atoms with Gasteiger partial charge in [0.1, 0.15) is 11.6 Å². The maximum absolute atomic E-state index is 12.4. The van der Waals surface area contributed by atoms with Gasteiger partial charge in [-0.25, -0.2) is 4.98 Å². The number of benzene rings is 1. The van der Waals surface area contributed by atoms with Crippen LogP contribution in [0.1, 0.15) is 21.9 Å². The molecule has 0 aliphatic carbocycles. The monoisotopic (exact) mass is 383 g/mol. The Morgan fingerprint density at radius 1 is 1.19 bits per heavy atom. The number of aromatic nitrogens is 4. The highest BCUT2D eigenvalue weighted by Crippen LogP contribution is 2.38. The van der Waals surface area contributed by atoms with Crippen molar-refractivity contribution in [1.29, 1.82) is 0 Å². The number of amides is 1. The largest absolute Gasteiger partial charge is 0.454 e. The van der Waals surface area contributed by atoms with E-state index in [9.17, 15) is 4.79 Å². The van der Waals surface area contributed by atoms with E-state index in [4.69, 9.17) is 14.0 Å². The van der Waals surface area contributed by atoms with Crippen LogP contribution in [0.15, 0.2) is 28.8 Å². The number of hydrogen-bond donors (Lipinski definition) is 1. The lowest BCUT2D eigenvalue weighted by atomic mass is 10.3. The van der Waals surface area contributed by atoms with Crippen molar-refractivity contribution in [1.82, 2.24) is 19.9 Å². The number of hydrogen-bond acceptors (Lipinski definition) is 8. The highest BCUT2D eigenvalue weighted by Gasteiger charge is 2.20. The Labute approximate surface area is 156 Å².